The Bertz CT molecular complexity index is 367. The molecule has 1 saturated heterocycles. The monoisotopic (exact) mass is 218 g/mol. The average Bonchev–Trinajstić information content (AvgIpc) is 3.14. The average molecular weight is 218 g/mol. The summed E-state index contributed by atoms with van der Waals surface area (Å²) in [6.07, 6.45) is 6.58. The zero-order valence-electron chi connectivity index (χ0n) is 9.47. The van der Waals surface area contributed by atoms with Gasteiger partial charge in [0, 0.05) is 36.9 Å². The second-order valence-electron chi connectivity index (χ2n) is 4.88. The summed E-state index contributed by atoms with van der Waals surface area (Å²) in [6, 6.07) is 2.42. The number of piperidine rings is 1. The van der Waals surface area contributed by atoms with Crippen LogP contribution in [0, 0.1) is 0 Å². The molecule has 2 aliphatic rings. The summed E-state index contributed by atoms with van der Waals surface area (Å²) >= 11 is 0. The largest absolute Gasteiger partial charge is 0.341 e. The van der Waals surface area contributed by atoms with Gasteiger partial charge < -0.3 is 10.6 Å². The SMILES string of the molecule is NC1CCN(c2nccc(C3CC3)n2)CC1. The third kappa shape index (κ3) is 2.02. The van der Waals surface area contributed by atoms with Crippen molar-refractivity contribution in [2.45, 2.75) is 37.6 Å². The molecule has 0 unspecified atom stereocenters. The summed E-state index contributed by atoms with van der Waals surface area (Å²) < 4.78 is 0. The molecule has 2 N–H and O–H groups in total. The Kier molecular flexibility index (Phi) is 2.52. The second-order valence-corrected chi connectivity index (χ2v) is 4.88. The second kappa shape index (κ2) is 4.01. The smallest absolute Gasteiger partial charge is 0.225 e. The van der Waals surface area contributed by atoms with E-state index in [9.17, 15) is 0 Å². The molecule has 86 valence electrons. The third-order valence-electron chi connectivity index (χ3n) is 3.48. The first-order valence-corrected chi connectivity index (χ1v) is 6.16. The summed E-state index contributed by atoms with van der Waals surface area (Å²) in [5, 5.41) is 0. The lowest BCUT2D eigenvalue weighted by molar-refractivity contribution is 0.495. The molecule has 1 aliphatic heterocycles. The number of rotatable bonds is 2. The van der Waals surface area contributed by atoms with Crippen molar-refractivity contribution in [3.05, 3.63) is 18.0 Å². The van der Waals surface area contributed by atoms with Crippen molar-refractivity contribution in [3.63, 3.8) is 0 Å². The van der Waals surface area contributed by atoms with Crippen LogP contribution in [0.3, 0.4) is 0 Å². The maximum atomic E-state index is 5.90. The molecule has 2 fully saturated rings. The molecule has 0 atom stereocenters. The minimum absolute atomic E-state index is 0.364. The molecule has 0 radical (unpaired) electrons. The van der Waals surface area contributed by atoms with E-state index in [1.54, 1.807) is 0 Å². The van der Waals surface area contributed by atoms with Crippen molar-refractivity contribution in [2.75, 3.05) is 18.0 Å². The molecular weight excluding hydrogens is 200 g/mol. The van der Waals surface area contributed by atoms with Crippen molar-refractivity contribution in [3.8, 4) is 0 Å². The quantitative estimate of drug-likeness (QED) is 0.812. The van der Waals surface area contributed by atoms with Gasteiger partial charge in [0.05, 0.1) is 0 Å². The van der Waals surface area contributed by atoms with Gasteiger partial charge in [-0.1, -0.05) is 0 Å². The lowest BCUT2D eigenvalue weighted by Crippen LogP contribution is -2.40. The van der Waals surface area contributed by atoms with Crippen molar-refractivity contribution in [2.24, 2.45) is 5.73 Å². The molecule has 1 aromatic rings. The van der Waals surface area contributed by atoms with Crippen LogP contribution >= 0.6 is 0 Å². The summed E-state index contributed by atoms with van der Waals surface area (Å²) in [5.74, 6) is 1.60. The van der Waals surface area contributed by atoms with Crippen LogP contribution in [0.1, 0.15) is 37.3 Å². The Morgan fingerprint density at radius 2 is 1.94 bits per heavy atom. The highest BCUT2D eigenvalue weighted by molar-refractivity contribution is 5.32. The van der Waals surface area contributed by atoms with E-state index >= 15 is 0 Å². The molecule has 0 bridgehead atoms. The van der Waals surface area contributed by atoms with Crippen LogP contribution < -0.4 is 10.6 Å². The number of anilines is 1. The van der Waals surface area contributed by atoms with Gasteiger partial charge in [-0.05, 0) is 31.7 Å². The zero-order chi connectivity index (χ0) is 11.0. The summed E-state index contributed by atoms with van der Waals surface area (Å²) in [7, 11) is 0. The lowest BCUT2D eigenvalue weighted by atomic mass is 10.1. The fourth-order valence-electron chi connectivity index (χ4n) is 2.22. The van der Waals surface area contributed by atoms with Crippen LogP contribution in [-0.2, 0) is 0 Å². The van der Waals surface area contributed by atoms with E-state index in [0.29, 0.717) is 12.0 Å². The molecule has 0 spiro atoms. The summed E-state index contributed by atoms with van der Waals surface area (Å²) in [4.78, 5) is 11.3. The molecule has 0 amide bonds. The molecule has 16 heavy (non-hydrogen) atoms. The highest BCUT2D eigenvalue weighted by atomic mass is 15.3. The Morgan fingerprint density at radius 3 is 2.62 bits per heavy atom. The first-order valence-electron chi connectivity index (χ1n) is 6.16. The Labute approximate surface area is 95.9 Å². The number of nitrogens with zero attached hydrogens (tertiary/aromatic N) is 3. The van der Waals surface area contributed by atoms with Gasteiger partial charge in [0.15, 0.2) is 0 Å². The molecular formula is C12H18N4. The number of hydrogen-bond donors (Lipinski definition) is 1. The molecule has 1 saturated carbocycles. The van der Waals surface area contributed by atoms with E-state index in [2.05, 4.69) is 20.9 Å². The van der Waals surface area contributed by atoms with Crippen molar-refractivity contribution < 1.29 is 0 Å². The minimum atomic E-state index is 0.364. The van der Waals surface area contributed by atoms with Crippen molar-refractivity contribution >= 4 is 5.95 Å². The number of aromatic nitrogens is 2. The van der Waals surface area contributed by atoms with Gasteiger partial charge in [-0.2, -0.15) is 0 Å². The Morgan fingerprint density at radius 1 is 1.19 bits per heavy atom. The van der Waals surface area contributed by atoms with Gasteiger partial charge in [0.2, 0.25) is 5.95 Å². The highest BCUT2D eigenvalue weighted by Crippen LogP contribution is 2.39. The fraction of sp³-hybridized carbons (Fsp3) is 0.667. The predicted octanol–water partition coefficient (Wildman–Crippen LogP) is 1.28. The first-order chi connectivity index (χ1) is 7.83. The van der Waals surface area contributed by atoms with Crippen LogP contribution in [-0.4, -0.2) is 29.1 Å². The predicted molar refractivity (Wildman–Crippen MR) is 63.4 cm³/mol. The minimum Gasteiger partial charge on any atom is -0.341 e. The van der Waals surface area contributed by atoms with Crippen LogP contribution in [0.2, 0.25) is 0 Å². The maximum Gasteiger partial charge on any atom is 0.225 e. The van der Waals surface area contributed by atoms with Gasteiger partial charge in [-0.3, -0.25) is 0 Å². The van der Waals surface area contributed by atoms with Crippen LogP contribution in [0.4, 0.5) is 5.95 Å². The first kappa shape index (κ1) is 10.0. The Balaban J connectivity index is 1.75. The zero-order valence-corrected chi connectivity index (χ0v) is 9.47. The van der Waals surface area contributed by atoms with Crippen molar-refractivity contribution in [1.29, 1.82) is 0 Å². The molecule has 4 nitrogen and oxygen atoms in total. The van der Waals surface area contributed by atoms with Gasteiger partial charge in [-0.15, -0.1) is 0 Å². The molecule has 4 heteroatoms. The van der Waals surface area contributed by atoms with Crippen molar-refractivity contribution in [1.82, 2.24) is 9.97 Å². The van der Waals surface area contributed by atoms with E-state index in [4.69, 9.17) is 5.73 Å². The summed E-state index contributed by atoms with van der Waals surface area (Å²) in [5.41, 5.74) is 7.12. The van der Waals surface area contributed by atoms with E-state index in [1.165, 1.54) is 18.5 Å². The highest BCUT2D eigenvalue weighted by Gasteiger charge is 2.26. The van der Waals surface area contributed by atoms with E-state index in [1.807, 2.05) is 6.20 Å². The number of nitrogens with two attached hydrogens (primary N) is 1. The molecule has 1 aliphatic carbocycles. The standard InChI is InChI=1S/C12H18N4/c13-10-4-7-16(8-5-10)12-14-6-3-11(15-12)9-1-2-9/h3,6,9-10H,1-2,4-5,7-8,13H2. The normalized spacial score (nSPS) is 22.4. The van der Waals surface area contributed by atoms with Crippen LogP contribution in [0.25, 0.3) is 0 Å². The van der Waals surface area contributed by atoms with E-state index < -0.39 is 0 Å². The maximum absolute atomic E-state index is 5.90. The van der Waals surface area contributed by atoms with Crippen LogP contribution in [0.5, 0.6) is 0 Å². The molecule has 1 aromatic heterocycles. The lowest BCUT2D eigenvalue weighted by Gasteiger charge is -2.30. The van der Waals surface area contributed by atoms with Crippen LogP contribution in [0.15, 0.2) is 12.3 Å². The molecule has 0 aromatic carbocycles. The Hall–Kier alpha value is -1.16. The van der Waals surface area contributed by atoms with Gasteiger partial charge >= 0.3 is 0 Å². The topological polar surface area (TPSA) is 55.0 Å². The van der Waals surface area contributed by atoms with Gasteiger partial charge in [0.25, 0.3) is 0 Å². The molecule has 2 heterocycles. The van der Waals surface area contributed by atoms with Gasteiger partial charge in [0.1, 0.15) is 0 Å². The third-order valence-corrected chi connectivity index (χ3v) is 3.48. The summed E-state index contributed by atoms with van der Waals surface area (Å²) in [6.45, 7) is 1.99. The van der Waals surface area contributed by atoms with E-state index in [-0.39, 0.29) is 0 Å². The van der Waals surface area contributed by atoms with E-state index in [0.717, 1.165) is 31.9 Å². The number of hydrogen-bond acceptors (Lipinski definition) is 4. The van der Waals surface area contributed by atoms with Gasteiger partial charge in [-0.25, -0.2) is 9.97 Å². The fourth-order valence-corrected chi connectivity index (χ4v) is 2.22. The molecule has 3 rings (SSSR count).